The normalized spacial score (nSPS) is 10.6. The van der Waals surface area contributed by atoms with Gasteiger partial charge < -0.3 is 19.8 Å². The maximum Gasteiger partial charge on any atom is 0.220 e. The molecule has 0 bridgehead atoms. The summed E-state index contributed by atoms with van der Waals surface area (Å²) >= 11 is 0. The van der Waals surface area contributed by atoms with Gasteiger partial charge in [0.2, 0.25) is 5.91 Å². The van der Waals surface area contributed by atoms with Gasteiger partial charge in [0.1, 0.15) is 5.82 Å². The van der Waals surface area contributed by atoms with E-state index < -0.39 is 0 Å². The average molecular weight is 339 g/mol. The van der Waals surface area contributed by atoms with Gasteiger partial charge in [-0.15, -0.1) is 0 Å². The van der Waals surface area contributed by atoms with Crippen LogP contribution in [0.2, 0.25) is 0 Å². The molecule has 1 amide bonds. The Balaban J connectivity index is 1.52. The van der Waals surface area contributed by atoms with Crippen LogP contribution in [0.5, 0.6) is 11.5 Å². The van der Waals surface area contributed by atoms with Gasteiger partial charge in [0.15, 0.2) is 11.5 Å². The molecule has 0 spiro atoms. The van der Waals surface area contributed by atoms with Gasteiger partial charge in [-0.3, -0.25) is 4.79 Å². The Kier molecular flexibility index (Phi) is 5.18. The van der Waals surface area contributed by atoms with Crippen LogP contribution in [0.1, 0.15) is 17.8 Å². The largest absolute Gasteiger partial charge is 0.493 e. The highest BCUT2D eigenvalue weighted by Crippen LogP contribution is 2.27. The fourth-order valence-electron chi connectivity index (χ4n) is 2.65. The van der Waals surface area contributed by atoms with E-state index in [4.69, 9.17) is 9.47 Å². The molecule has 3 rings (SSSR count). The highest BCUT2D eigenvalue weighted by atomic mass is 16.5. The van der Waals surface area contributed by atoms with Crippen molar-refractivity contribution in [2.75, 3.05) is 14.2 Å². The fraction of sp³-hybridized carbons (Fsp3) is 0.263. The first-order valence-corrected chi connectivity index (χ1v) is 8.11. The Morgan fingerprint density at radius 2 is 1.92 bits per heavy atom. The van der Waals surface area contributed by atoms with Crippen molar-refractivity contribution in [2.45, 2.75) is 19.4 Å². The summed E-state index contributed by atoms with van der Waals surface area (Å²) in [6, 6.07) is 13.5. The summed E-state index contributed by atoms with van der Waals surface area (Å²) in [4.78, 5) is 19.7. The molecule has 1 aromatic heterocycles. The predicted octanol–water partition coefficient (Wildman–Crippen LogP) is 2.83. The van der Waals surface area contributed by atoms with Crippen LogP contribution in [0.4, 0.5) is 0 Å². The summed E-state index contributed by atoms with van der Waals surface area (Å²) in [5.74, 6) is 2.08. The van der Waals surface area contributed by atoms with Crippen LogP contribution in [0.25, 0.3) is 11.0 Å². The van der Waals surface area contributed by atoms with Crippen LogP contribution in [-0.4, -0.2) is 30.1 Å². The van der Waals surface area contributed by atoms with Gasteiger partial charge in [-0.2, -0.15) is 0 Å². The molecule has 0 aliphatic rings. The zero-order chi connectivity index (χ0) is 17.6. The summed E-state index contributed by atoms with van der Waals surface area (Å²) in [7, 11) is 3.20. The van der Waals surface area contributed by atoms with Crippen LogP contribution >= 0.6 is 0 Å². The molecule has 0 atom stereocenters. The maximum atomic E-state index is 12.1. The monoisotopic (exact) mass is 339 g/mol. The van der Waals surface area contributed by atoms with Crippen molar-refractivity contribution in [1.29, 1.82) is 0 Å². The second-order valence-corrected chi connectivity index (χ2v) is 5.67. The van der Waals surface area contributed by atoms with E-state index in [1.807, 2.05) is 42.5 Å². The third kappa shape index (κ3) is 4.09. The number of fused-ring (bicyclic) bond motifs is 1. The van der Waals surface area contributed by atoms with E-state index >= 15 is 0 Å². The average Bonchev–Trinajstić information content (AvgIpc) is 3.07. The third-order valence-corrected chi connectivity index (χ3v) is 3.98. The Morgan fingerprint density at radius 1 is 1.12 bits per heavy atom. The maximum absolute atomic E-state index is 12.1. The molecular weight excluding hydrogens is 318 g/mol. The van der Waals surface area contributed by atoms with Crippen LogP contribution in [-0.2, 0) is 17.8 Å². The molecule has 6 heteroatoms. The number of methoxy groups -OCH3 is 2. The van der Waals surface area contributed by atoms with Gasteiger partial charge in [-0.05, 0) is 36.2 Å². The van der Waals surface area contributed by atoms with Gasteiger partial charge in [0.25, 0.3) is 0 Å². The number of aromatic nitrogens is 2. The van der Waals surface area contributed by atoms with Crippen molar-refractivity contribution >= 4 is 16.9 Å². The number of imidazole rings is 1. The minimum absolute atomic E-state index is 0.0183. The second-order valence-electron chi connectivity index (χ2n) is 5.67. The standard InChI is InChI=1S/C19H21N3O3/c1-24-16-9-7-13(11-17(16)25-2)8-10-19(23)20-12-18-21-14-5-3-4-6-15(14)22-18/h3-7,9,11H,8,10,12H2,1-2H3,(H,20,23)(H,21,22). The molecule has 1 heterocycles. The zero-order valence-corrected chi connectivity index (χ0v) is 14.3. The van der Waals surface area contributed by atoms with Gasteiger partial charge >= 0.3 is 0 Å². The van der Waals surface area contributed by atoms with Crippen molar-refractivity contribution in [3.8, 4) is 11.5 Å². The van der Waals surface area contributed by atoms with Crippen LogP contribution < -0.4 is 14.8 Å². The molecular formula is C19H21N3O3. The van der Waals surface area contributed by atoms with Crippen molar-refractivity contribution in [1.82, 2.24) is 15.3 Å². The molecule has 0 unspecified atom stereocenters. The third-order valence-electron chi connectivity index (χ3n) is 3.98. The van der Waals surface area contributed by atoms with E-state index in [1.165, 1.54) is 0 Å². The minimum Gasteiger partial charge on any atom is -0.493 e. The molecule has 3 aromatic rings. The smallest absolute Gasteiger partial charge is 0.220 e. The lowest BCUT2D eigenvalue weighted by molar-refractivity contribution is -0.121. The first-order chi connectivity index (χ1) is 12.2. The molecule has 6 nitrogen and oxygen atoms in total. The Hall–Kier alpha value is -3.02. The summed E-state index contributed by atoms with van der Waals surface area (Å²) in [6.45, 7) is 0.388. The number of ether oxygens (including phenoxy) is 2. The van der Waals surface area contributed by atoms with Crippen molar-refractivity contribution in [3.63, 3.8) is 0 Å². The first kappa shape index (κ1) is 16.8. The second kappa shape index (κ2) is 7.70. The van der Waals surface area contributed by atoms with Crippen LogP contribution in [0, 0.1) is 0 Å². The topological polar surface area (TPSA) is 76.2 Å². The molecule has 0 saturated heterocycles. The predicted molar refractivity (Wildman–Crippen MR) is 95.8 cm³/mol. The number of aryl methyl sites for hydroxylation is 1. The number of hydrogen-bond donors (Lipinski definition) is 2. The number of rotatable bonds is 7. The molecule has 0 saturated carbocycles. The number of carbonyl (C=O) groups is 1. The number of amides is 1. The fourth-order valence-corrected chi connectivity index (χ4v) is 2.65. The number of para-hydroxylation sites is 2. The zero-order valence-electron chi connectivity index (χ0n) is 14.3. The van der Waals surface area contributed by atoms with E-state index in [0.717, 1.165) is 22.4 Å². The van der Waals surface area contributed by atoms with E-state index in [2.05, 4.69) is 15.3 Å². The van der Waals surface area contributed by atoms with E-state index in [0.29, 0.717) is 30.9 Å². The molecule has 2 aromatic carbocycles. The molecule has 2 N–H and O–H groups in total. The lowest BCUT2D eigenvalue weighted by Gasteiger charge is -2.09. The molecule has 0 aliphatic carbocycles. The van der Waals surface area contributed by atoms with Crippen molar-refractivity contribution in [3.05, 3.63) is 53.9 Å². The van der Waals surface area contributed by atoms with E-state index in [-0.39, 0.29) is 5.91 Å². The number of nitrogens with one attached hydrogen (secondary N) is 2. The Bertz CT molecular complexity index is 840. The lowest BCUT2D eigenvalue weighted by Crippen LogP contribution is -2.23. The first-order valence-electron chi connectivity index (χ1n) is 8.11. The molecule has 25 heavy (non-hydrogen) atoms. The van der Waals surface area contributed by atoms with Crippen molar-refractivity contribution < 1.29 is 14.3 Å². The van der Waals surface area contributed by atoms with Gasteiger partial charge in [-0.1, -0.05) is 18.2 Å². The van der Waals surface area contributed by atoms with Crippen molar-refractivity contribution in [2.24, 2.45) is 0 Å². The van der Waals surface area contributed by atoms with E-state index in [9.17, 15) is 4.79 Å². The summed E-state index contributed by atoms with van der Waals surface area (Å²) < 4.78 is 10.5. The number of benzene rings is 2. The number of aromatic amines is 1. The summed E-state index contributed by atoms with van der Waals surface area (Å²) in [5, 5.41) is 2.89. The van der Waals surface area contributed by atoms with Gasteiger partial charge in [-0.25, -0.2) is 4.98 Å². The number of nitrogens with zero attached hydrogens (tertiary/aromatic N) is 1. The highest BCUT2D eigenvalue weighted by Gasteiger charge is 2.08. The van der Waals surface area contributed by atoms with Gasteiger partial charge in [0.05, 0.1) is 31.8 Å². The van der Waals surface area contributed by atoms with Crippen LogP contribution in [0.15, 0.2) is 42.5 Å². The number of carbonyl (C=O) groups excluding carboxylic acids is 1. The number of hydrogen-bond acceptors (Lipinski definition) is 4. The SMILES string of the molecule is COc1ccc(CCC(=O)NCc2nc3ccccc3[nH]2)cc1OC. The Labute approximate surface area is 146 Å². The van der Waals surface area contributed by atoms with E-state index in [1.54, 1.807) is 14.2 Å². The quantitative estimate of drug-likeness (QED) is 0.694. The Morgan fingerprint density at radius 3 is 2.68 bits per heavy atom. The number of H-pyrrole nitrogens is 1. The molecule has 130 valence electrons. The van der Waals surface area contributed by atoms with Gasteiger partial charge in [0, 0.05) is 6.42 Å². The molecule has 0 aliphatic heterocycles. The minimum atomic E-state index is -0.0183. The summed E-state index contributed by atoms with van der Waals surface area (Å²) in [5.41, 5.74) is 2.89. The summed E-state index contributed by atoms with van der Waals surface area (Å²) in [6.07, 6.45) is 1.03. The van der Waals surface area contributed by atoms with Crippen LogP contribution in [0.3, 0.4) is 0 Å². The highest BCUT2D eigenvalue weighted by molar-refractivity contribution is 5.77. The molecule has 0 radical (unpaired) electrons. The molecule has 0 fully saturated rings. The lowest BCUT2D eigenvalue weighted by atomic mass is 10.1.